The molecular formula is C13H17ClFNO. The number of nitrogens with one attached hydrogen (secondary N) is 1. The van der Waals surface area contributed by atoms with Crippen molar-refractivity contribution in [3.05, 3.63) is 29.0 Å². The highest BCUT2D eigenvalue weighted by atomic mass is 35.5. The van der Waals surface area contributed by atoms with Crippen LogP contribution in [-0.4, -0.2) is 17.3 Å². The van der Waals surface area contributed by atoms with E-state index < -0.39 is 0 Å². The summed E-state index contributed by atoms with van der Waals surface area (Å²) in [6.45, 7) is 0. The van der Waals surface area contributed by atoms with E-state index in [1.807, 2.05) is 0 Å². The molecule has 0 heterocycles. The number of aliphatic hydroxyl groups excluding tert-OH is 1. The minimum atomic E-state index is -0.378. The van der Waals surface area contributed by atoms with Crippen molar-refractivity contribution in [2.75, 3.05) is 5.32 Å². The summed E-state index contributed by atoms with van der Waals surface area (Å²) in [5.74, 6) is -0.319. The Balaban J connectivity index is 2.10. The van der Waals surface area contributed by atoms with Crippen LogP contribution in [-0.2, 0) is 0 Å². The Morgan fingerprint density at radius 2 is 2.00 bits per heavy atom. The number of halogens is 2. The predicted molar refractivity (Wildman–Crippen MR) is 67.9 cm³/mol. The van der Waals surface area contributed by atoms with Gasteiger partial charge in [-0.05, 0) is 31.0 Å². The Morgan fingerprint density at radius 1 is 1.24 bits per heavy atom. The van der Waals surface area contributed by atoms with Crippen molar-refractivity contribution in [1.82, 2.24) is 0 Å². The van der Waals surface area contributed by atoms with Crippen LogP contribution in [0.5, 0.6) is 0 Å². The van der Waals surface area contributed by atoms with Gasteiger partial charge in [0.25, 0.3) is 0 Å². The lowest BCUT2D eigenvalue weighted by atomic mass is 10.1. The molecule has 0 amide bonds. The molecule has 2 N–H and O–H groups in total. The van der Waals surface area contributed by atoms with E-state index in [4.69, 9.17) is 11.6 Å². The molecule has 1 aromatic rings. The SMILES string of the molecule is OC1CCCCCC1Nc1cc(F)ccc1Cl. The van der Waals surface area contributed by atoms with Crippen LogP contribution in [0, 0.1) is 5.82 Å². The first-order chi connectivity index (χ1) is 8.16. The van der Waals surface area contributed by atoms with Gasteiger partial charge in [0, 0.05) is 0 Å². The first-order valence-corrected chi connectivity index (χ1v) is 6.44. The van der Waals surface area contributed by atoms with Crippen LogP contribution < -0.4 is 5.32 Å². The molecule has 2 nitrogen and oxygen atoms in total. The quantitative estimate of drug-likeness (QED) is 0.794. The van der Waals surface area contributed by atoms with Crippen LogP contribution in [0.2, 0.25) is 5.02 Å². The van der Waals surface area contributed by atoms with E-state index >= 15 is 0 Å². The molecule has 0 bridgehead atoms. The molecular weight excluding hydrogens is 241 g/mol. The molecule has 1 aliphatic carbocycles. The molecule has 0 saturated heterocycles. The van der Waals surface area contributed by atoms with Crippen molar-refractivity contribution in [3.8, 4) is 0 Å². The minimum absolute atomic E-state index is 0.0307. The summed E-state index contributed by atoms with van der Waals surface area (Å²) < 4.78 is 13.1. The van der Waals surface area contributed by atoms with Crippen LogP contribution >= 0.6 is 11.6 Å². The molecule has 17 heavy (non-hydrogen) atoms. The van der Waals surface area contributed by atoms with Gasteiger partial charge in [0.1, 0.15) is 5.82 Å². The zero-order valence-corrected chi connectivity index (χ0v) is 10.4. The molecule has 2 atom stereocenters. The van der Waals surface area contributed by atoms with E-state index in [0.29, 0.717) is 10.7 Å². The molecule has 1 fully saturated rings. The maximum atomic E-state index is 13.1. The fraction of sp³-hybridized carbons (Fsp3) is 0.538. The largest absolute Gasteiger partial charge is 0.391 e. The van der Waals surface area contributed by atoms with Crippen molar-refractivity contribution >= 4 is 17.3 Å². The Labute approximate surface area is 106 Å². The topological polar surface area (TPSA) is 32.3 Å². The number of hydrogen-bond donors (Lipinski definition) is 2. The van der Waals surface area contributed by atoms with Crippen molar-refractivity contribution in [1.29, 1.82) is 0 Å². The fourth-order valence-electron chi connectivity index (χ4n) is 2.26. The van der Waals surface area contributed by atoms with Crippen LogP contribution in [0.25, 0.3) is 0 Å². The normalized spacial score (nSPS) is 25.4. The van der Waals surface area contributed by atoms with Gasteiger partial charge >= 0.3 is 0 Å². The van der Waals surface area contributed by atoms with Gasteiger partial charge in [0.15, 0.2) is 0 Å². The lowest BCUT2D eigenvalue weighted by Gasteiger charge is -2.23. The molecule has 94 valence electrons. The summed E-state index contributed by atoms with van der Waals surface area (Å²) in [5, 5.41) is 13.6. The van der Waals surface area contributed by atoms with E-state index in [1.165, 1.54) is 18.2 Å². The fourth-order valence-corrected chi connectivity index (χ4v) is 2.44. The molecule has 0 spiro atoms. The summed E-state index contributed by atoms with van der Waals surface area (Å²) in [6.07, 6.45) is 4.60. The van der Waals surface area contributed by atoms with E-state index in [0.717, 1.165) is 32.1 Å². The van der Waals surface area contributed by atoms with E-state index in [-0.39, 0.29) is 18.0 Å². The van der Waals surface area contributed by atoms with Crippen molar-refractivity contribution < 1.29 is 9.50 Å². The molecule has 0 aromatic heterocycles. The maximum absolute atomic E-state index is 13.1. The average Bonchev–Trinajstić information content (AvgIpc) is 2.50. The van der Waals surface area contributed by atoms with Crippen LogP contribution in [0.3, 0.4) is 0 Å². The Hall–Kier alpha value is -0.800. The van der Waals surface area contributed by atoms with Crippen LogP contribution in [0.15, 0.2) is 18.2 Å². The third-order valence-corrected chi connectivity index (χ3v) is 3.58. The van der Waals surface area contributed by atoms with E-state index in [2.05, 4.69) is 5.32 Å². The van der Waals surface area contributed by atoms with Crippen LogP contribution in [0.4, 0.5) is 10.1 Å². The summed E-state index contributed by atoms with van der Waals surface area (Å²) >= 11 is 5.99. The number of rotatable bonds is 2. The van der Waals surface area contributed by atoms with Crippen molar-refractivity contribution in [2.45, 2.75) is 44.2 Å². The first-order valence-electron chi connectivity index (χ1n) is 6.06. The molecule has 1 aliphatic rings. The minimum Gasteiger partial charge on any atom is -0.391 e. The number of benzene rings is 1. The van der Waals surface area contributed by atoms with Gasteiger partial charge in [-0.1, -0.05) is 30.9 Å². The molecule has 2 rings (SSSR count). The first kappa shape index (κ1) is 12.7. The van der Waals surface area contributed by atoms with Gasteiger partial charge in [-0.2, -0.15) is 0 Å². The third-order valence-electron chi connectivity index (χ3n) is 3.25. The Morgan fingerprint density at radius 3 is 2.82 bits per heavy atom. The summed E-state index contributed by atoms with van der Waals surface area (Å²) in [6, 6.07) is 4.20. The maximum Gasteiger partial charge on any atom is 0.125 e. The summed E-state index contributed by atoms with van der Waals surface area (Å²) in [7, 11) is 0. The molecule has 1 aromatic carbocycles. The molecule has 2 unspecified atom stereocenters. The highest BCUT2D eigenvalue weighted by Gasteiger charge is 2.22. The second-order valence-electron chi connectivity index (χ2n) is 4.58. The van der Waals surface area contributed by atoms with E-state index in [9.17, 15) is 9.50 Å². The average molecular weight is 258 g/mol. The number of anilines is 1. The number of aliphatic hydroxyl groups is 1. The smallest absolute Gasteiger partial charge is 0.125 e. The highest BCUT2D eigenvalue weighted by molar-refractivity contribution is 6.33. The van der Waals surface area contributed by atoms with Gasteiger partial charge < -0.3 is 10.4 Å². The lowest BCUT2D eigenvalue weighted by molar-refractivity contribution is 0.144. The zero-order valence-electron chi connectivity index (χ0n) is 9.63. The highest BCUT2D eigenvalue weighted by Crippen LogP contribution is 2.27. The second kappa shape index (κ2) is 5.69. The zero-order chi connectivity index (χ0) is 12.3. The molecule has 0 aliphatic heterocycles. The predicted octanol–water partition coefficient (Wildman–Crippen LogP) is 3.58. The Bertz CT molecular complexity index is 386. The van der Waals surface area contributed by atoms with Crippen LogP contribution in [0.1, 0.15) is 32.1 Å². The molecule has 1 saturated carbocycles. The van der Waals surface area contributed by atoms with Crippen molar-refractivity contribution in [3.63, 3.8) is 0 Å². The summed E-state index contributed by atoms with van der Waals surface area (Å²) in [5.41, 5.74) is 0.567. The Kier molecular flexibility index (Phi) is 4.24. The molecule has 0 radical (unpaired) electrons. The van der Waals surface area contributed by atoms with Gasteiger partial charge in [-0.25, -0.2) is 4.39 Å². The van der Waals surface area contributed by atoms with E-state index in [1.54, 1.807) is 0 Å². The lowest BCUT2D eigenvalue weighted by Crippen LogP contribution is -2.32. The van der Waals surface area contributed by atoms with Gasteiger partial charge in [-0.3, -0.25) is 0 Å². The third kappa shape index (κ3) is 3.33. The number of hydrogen-bond acceptors (Lipinski definition) is 2. The summed E-state index contributed by atoms with van der Waals surface area (Å²) in [4.78, 5) is 0. The second-order valence-corrected chi connectivity index (χ2v) is 4.99. The monoisotopic (exact) mass is 257 g/mol. The van der Waals surface area contributed by atoms with Gasteiger partial charge in [-0.15, -0.1) is 0 Å². The van der Waals surface area contributed by atoms with Crippen molar-refractivity contribution in [2.24, 2.45) is 0 Å². The molecule has 4 heteroatoms. The van der Waals surface area contributed by atoms with Gasteiger partial charge in [0.05, 0.1) is 22.9 Å². The van der Waals surface area contributed by atoms with Gasteiger partial charge in [0.2, 0.25) is 0 Å². The standard InChI is InChI=1S/C13H17ClFNO/c14-10-7-6-9(15)8-12(10)16-11-4-2-1-3-5-13(11)17/h6-8,11,13,16-17H,1-5H2.